The van der Waals surface area contributed by atoms with Gasteiger partial charge in [0.05, 0.1) is 0 Å². The fraction of sp³-hybridized carbons (Fsp3) is 0.875. The zero-order chi connectivity index (χ0) is 15.2. The lowest BCUT2D eigenvalue weighted by Gasteiger charge is -2.45. The zero-order valence-electron chi connectivity index (χ0n) is 13.4. The van der Waals surface area contributed by atoms with Crippen LogP contribution in [0.25, 0.3) is 0 Å². The van der Waals surface area contributed by atoms with Crippen molar-refractivity contribution in [2.75, 3.05) is 26.7 Å². The van der Waals surface area contributed by atoms with Crippen LogP contribution in [0, 0.1) is 11.8 Å². The Kier molecular flexibility index (Phi) is 3.72. The predicted octanol–water partition coefficient (Wildman–Crippen LogP) is 0.844. The smallest absolute Gasteiger partial charge is 0.249 e. The Bertz CT molecular complexity index is 449. The lowest BCUT2D eigenvalue weighted by Crippen LogP contribution is -2.70. The van der Waals surface area contributed by atoms with E-state index in [1.165, 1.54) is 0 Å². The molecule has 3 rings (SSSR count). The minimum Gasteiger partial charge on any atom is -0.340 e. The number of amides is 2. The molecule has 0 bridgehead atoms. The maximum atomic E-state index is 13.0. The molecule has 3 fully saturated rings. The van der Waals surface area contributed by atoms with Gasteiger partial charge in [-0.25, -0.2) is 0 Å². The molecule has 21 heavy (non-hydrogen) atoms. The van der Waals surface area contributed by atoms with E-state index in [-0.39, 0.29) is 17.9 Å². The second kappa shape index (κ2) is 5.27. The molecule has 3 aliphatic rings. The van der Waals surface area contributed by atoms with Gasteiger partial charge in [-0.3, -0.25) is 9.59 Å². The van der Waals surface area contributed by atoms with Crippen LogP contribution in [0.4, 0.5) is 0 Å². The summed E-state index contributed by atoms with van der Waals surface area (Å²) in [6, 6.07) is -0.282. The third-order valence-electron chi connectivity index (χ3n) is 5.49. The van der Waals surface area contributed by atoms with E-state index in [0.717, 1.165) is 38.9 Å². The molecule has 0 aromatic carbocycles. The summed E-state index contributed by atoms with van der Waals surface area (Å²) in [5.41, 5.74) is -0.659. The summed E-state index contributed by atoms with van der Waals surface area (Å²) in [6.07, 6.45) is 3.93. The molecule has 3 unspecified atom stereocenters. The minimum atomic E-state index is -0.659. The van der Waals surface area contributed by atoms with Gasteiger partial charge < -0.3 is 15.1 Å². The van der Waals surface area contributed by atoms with Crippen LogP contribution in [-0.4, -0.2) is 59.9 Å². The Hall–Kier alpha value is -1.10. The number of likely N-dealkylation sites (tertiary alicyclic amines) is 1. The van der Waals surface area contributed by atoms with Crippen molar-refractivity contribution in [1.29, 1.82) is 0 Å². The normalized spacial score (nSPS) is 38.0. The van der Waals surface area contributed by atoms with Crippen molar-refractivity contribution < 1.29 is 9.59 Å². The van der Waals surface area contributed by atoms with E-state index in [1.807, 2.05) is 18.7 Å². The van der Waals surface area contributed by atoms with Gasteiger partial charge in [0.25, 0.3) is 0 Å². The first-order valence-corrected chi connectivity index (χ1v) is 8.27. The van der Waals surface area contributed by atoms with E-state index in [1.54, 1.807) is 0 Å². The molecule has 2 saturated heterocycles. The average molecular weight is 293 g/mol. The van der Waals surface area contributed by atoms with Gasteiger partial charge in [-0.1, -0.05) is 6.92 Å². The van der Waals surface area contributed by atoms with E-state index in [9.17, 15) is 9.59 Å². The molecular formula is C16H27N3O2. The first-order valence-electron chi connectivity index (χ1n) is 8.27. The Morgan fingerprint density at radius 3 is 2.52 bits per heavy atom. The van der Waals surface area contributed by atoms with Gasteiger partial charge in [0, 0.05) is 13.1 Å². The molecule has 5 nitrogen and oxygen atoms in total. The number of nitrogens with one attached hydrogen (secondary N) is 1. The lowest BCUT2D eigenvalue weighted by atomic mass is 9.88. The zero-order valence-corrected chi connectivity index (χ0v) is 13.4. The number of carbonyl (C=O) groups excluding carboxylic acids is 2. The number of nitrogens with zero attached hydrogens (tertiary/aromatic N) is 2. The van der Waals surface area contributed by atoms with Gasteiger partial charge in [-0.05, 0) is 58.0 Å². The summed E-state index contributed by atoms with van der Waals surface area (Å²) in [5, 5.41) is 3.03. The SMILES string of the molecule is CCC1C(=O)NC(C)(C2CC2)C(=O)N1CC1CCN(C)C1. The highest BCUT2D eigenvalue weighted by Gasteiger charge is 2.55. The fourth-order valence-electron chi connectivity index (χ4n) is 3.98. The van der Waals surface area contributed by atoms with Crippen LogP contribution in [0.3, 0.4) is 0 Å². The van der Waals surface area contributed by atoms with Crippen molar-refractivity contribution >= 4 is 11.8 Å². The molecule has 0 radical (unpaired) electrons. The number of rotatable bonds is 4. The van der Waals surface area contributed by atoms with Crippen molar-refractivity contribution in [2.24, 2.45) is 11.8 Å². The highest BCUT2D eigenvalue weighted by molar-refractivity contribution is 6.00. The molecule has 3 atom stereocenters. The summed E-state index contributed by atoms with van der Waals surface area (Å²) in [7, 11) is 2.12. The largest absolute Gasteiger partial charge is 0.340 e. The maximum absolute atomic E-state index is 13.0. The predicted molar refractivity (Wildman–Crippen MR) is 80.7 cm³/mol. The van der Waals surface area contributed by atoms with Crippen molar-refractivity contribution in [1.82, 2.24) is 15.1 Å². The monoisotopic (exact) mass is 293 g/mol. The van der Waals surface area contributed by atoms with Crippen LogP contribution in [-0.2, 0) is 9.59 Å². The summed E-state index contributed by atoms with van der Waals surface area (Å²) in [4.78, 5) is 29.7. The summed E-state index contributed by atoms with van der Waals surface area (Å²) in [6.45, 7) is 6.77. The molecule has 0 aromatic heterocycles. The molecule has 0 spiro atoms. The van der Waals surface area contributed by atoms with E-state index in [2.05, 4.69) is 17.3 Å². The number of carbonyl (C=O) groups is 2. The first kappa shape index (κ1) is 14.8. The van der Waals surface area contributed by atoms with E-state index >= 15 is 0 Å². The second-order valence-electron chi connectivity index (χ2n) is 7.26. The van der Waals surface area contributed by atoms with Crippen molar-refractivity contribution in [3.8, 4) is 0 Å². The van der Waals surface area contributed by atoms with Gasteiger partial charge in [0.2, 0.25) is 11.8 Å². The van der Waals surface area contributed by atoms with Crippen LogP contribution < -0.4 is 5.32 Å². The van der Waals surface area contributed by atoms with Gasteiger partial charge in [0.15, 0.2) is 0 Å². The molecule has 2 amide bonds. The van der Waals surface area contributed by atoms with Crippen molar-refractivity contribution in [3.63, 3.8) is 0 Å². The maximum Gasteiger partial charge on any atom is 0.249 e. The van der Waals surface area contributed by atoms with E-state index < -0.39 is 5.54 Å². The highest BCUT2D eigenvalue weighted by atomic mass is 16.2. The third kappa shape index (κ3) is 2.56. The minimum absolute atomic E-state index is 0.0397. The third-order valence-corrected chi connectivity index (χ3v) is 5.49. The Morgan fingerprint density at radius 1 is 1.29 bits per heavy atom. The molecule has 2 heterocycles. The molecule has 1 aliphatic carbocycles. The van der Waals surface area contributed by atoms with Crippen molar-refractivity contribution in [3.05, 3.63) is 0 Å². The summed E-state index contributed by atoms with van der Waals surface area (Å²) < 4.78 is 0. The Labute approximate surface area is 127 Å². The molecule has 1 N–H and O–H groups in total. The van der Waals surface area contributed by atoms with Gasteiger partial charge in [-0.2, -0.15) is 0 Å². The molecular weight excluding hydrogens is 266 g/mol. The van der Waals surface area contributed by atoms with E-state index in [4.69, 9.17) is 0 Å². The van der Waals surface area contributed by atoms with Crippen molar-refractivity contribution in [2.45, 2.75) is 51.1 Å². The number of hydrogen-bond acceptors (Lipinski definition) is 3. The first-order chi connectivity index (χ1) is 9.95. The second-order valence-corrected chi connectivity index (χ2v) is 7.26. The fourth-order valence-corrected chi connectivity index (χ4v) is 3.98. The number of hydrogen-bond donors (Lipinski definition) is 1. The Balaban J connectivity index is 1.79. The van der Waals surface area contributed by atoms with Gasteiger partial charge in [-0.15, -0.1) is 0 Å². The summed E-state index contributed by atoms with van der Waals surface area (Å²) in [5.74, 6) is 1.02. The van der Waals surface area contributed by atoms with Crippen LogP contribution >= 0.6 is 0 Å². The molecule has 0 aromatic rings. The molecule has 1 saturated carbocycles. The number of piperazine rings is 1. The van der Waals surface area contributed by atoms with E-state index in [0.29, 0.717) is 18.3 Å². The average Bonchev–Trinajstić information content (AvgIpc) is 3.21. The van der Waals surface area contributed by atoms with Crippen LogP contribution in [0.5, 0.6) is 0 Å². The topological polar surface area (TPSA) is 52.7 Å². The van der Waals surface area contributed by atoms with Crippen LogP contribution in [0.2, 0.25) is 0 Å². The molecule has 2 aliphatic heterocycles. The van der Waals surface area contributed by atoms with Crippen LogP contribution in [0.15, 0.2) is 0 Å². The van der Waals surface area contributed by atoms with Gasteiger partial charge in [0.1, 0.15) is 11.6 Å². The quantitative estimate of drug-likeness (QED) is 0.836. The molecule has 5 heteroatoms. The summed E-state index contributed by atoms with van der Waals surface area (Å²) >= 11 is 0. The molecule has 118 valence electrons. The van der Waals surface area contributed by atoms with Crippen LogP contribution in [0.1, 0.15) is 39.5 Å². The lowest BCUT2D eigenvalue weighted by molar-refractivity contribution is -0.156. The van der Waals surface area contributed by atoms with Gasteiger partial charge >= 0.3 is 0 Å². The standard InChI is InChI=1S/C16H27N3O2/c1-4-13-14(20)17-16(2,12-5-6-12)15(21)19(13)10-11-7-8-18(3)9-11/h11-13H,4-10H2,1-3H3,(H,17,20). The Morgan fingerprint density at radius 2 is 2.00 bits per heavy atom. The highest BCUT2D eigenvalue weighted by Crippen LogP contribution is 2.42.